The number of anilines is 1. The molecule has 0 amide bonds. The lowest BCUT2D eigenvalue weighted by atomic mass is 10.0. The van der Waals surface area contributed by atoms with Crippen molar-refractivity contribution < 1.29 is 4.74 Å². The summed E-state index contributed by atoms with van der Waals surface area (Å²) in [5.41, 5.74) is 4.05. The van der Waals surface area contributed by atoms with Crippen molar-refractivity contribution in [3.05, 3.63) is 54.1 Å². The summed E-state index contributed by atoms with van der Waals surface area (Å²) in [6.07, 6.45) is 0.200. The summed E-state index contributed by atoms with van der Waals surface area (Å²) in [4.78, 5) is 2.25. The van der Waals surface area contributed by atoms with E-state index in [2.05, 4.69) is 36.1 Å². The van der Waals surface area contributed by atoms with Crippen molar-refractivity contribution >= 4 is 5.69 Å². The van der Waals surface area contributed by atoms with Gasteiger partial charge in [0.05, 0.1) is 24.0 Å². The van der Waals surface area contributed by atoms with E-state index in [0.29, 0.717) is 6.61 Å². The zero-order valence-electron chi connectivity index (χ0n) is 12.1. The molecule has 1 aliphatic rings. The molecule has 3 nitrogen and oxygen atoms in total. The quantitative estimate of drug-likeness (QED) is 0.844. The van der Waals surface area contributed by atoms with E-state index in [1.165, 1.54) is 5.56 Å². The lowest BCUT2D eigenvalue weighted by molar-refractivity contribution is 0.0532. The number of nitrogens with zero attached hydrogens (tertiary/aromatic N) is 2. The average Bonchev–Trinajstić information content (AvgIpc) is 2.55. The van der Waals surface area contributed by atoms with E-state index < -0.39 is 0 Å². The van der Waals surface area contributed by atoms with Crippen LogP contribution in [0.25, 0.3) is 11.1 Å². The predicted octanol–water partition coefficient (Wildman–Crippen LogP) is 3.45. The van der Waals surface area contributed by atoms with Crippen molar-refractivity contribution in [2.24, 2.45) is 0 Å². The summed E-state index contributed by atoms with van der Waals surface area (Å²) in [5.74, 6) is 0. The highest BCUT2D eigenvalue weighted by Crippen LogP contribution is 2.29. The maximum atomic E-state index is 9.37. The first-order valence-corrected chi connectivity index (χ1v) is 7.24. The molecule has 2 aromatic carbocycles. The maximum Gasteiger partial charge on any atom is 0.101 e. The van der Waals surface area contributed by atoms with Crippen LogP contribution in [-0.4, -0.2) is 25.8 Å². The highest BCUT2D eigenvalue weighted by atomic mass is 16.5. The van der Waals surface area contributed by atoms with Crippen LogP contribution in [-0.2, 0) is 4.74 Å². The van der Waals surface area contributed by atoms with E-state index in [0.717, 1.165) is 29.9 Å². The predicted molar refractivity (Wildman–Crippen MR) is 84.2 cm³/mol. The Bertz CT molecular complexity index is 661. The van der Waals surface area contributed by atoms with E-state index in [4.69, 9.17) is 4.74 Å². The summed E-state index contributed by atoms with van der Waals surface area (Å²) >= 11 is 0. The standard InChI is InChI=1S/C18H18N2O/c1-14-13-20(9-10-21-14)18-11-16(7-8-17(18)12-19)15-5-3-2-4-6-15/h2-8,11,14H,9-10,13H2,1H3. The third-order valence-corrected chi connectivity index (χ3v) is 3.81. The maximum absolute atomic E-state index is 9.37. The summed E-state index contributed by atoms with van der Waals surface area (Å²) in [6, 6.07) is 18.6. The van der Waals surface area contributed by atoms with Crippen LogP contribution in [0, 0.1) is 11.3 Å². The Morgan fingerprint density at radius 3 is 2.67 bits per heavy atom. The topological polar surface area (TPSA) is 36.3 Å². The number of morpholine rings is 1. The zero-order valence-corrected chi connectivity index (χ0v) is 12.1. The molecule has 0 N–H and O–H groups in total. The first-order valence-electron chi connectivity index (χ1n) is 7.24. The van der Waals surface area contributed by atoms with Crippen molar-refractivity contribution in [1.29, 1.82) is 5.26 Å². The van der Waals surface area contributed by atoms with E-state index in [-0.39, 0.29) is 6.10 Å². The monoisotopic (exact) mass is 278 g/mol. The third-order valence-electron chi connectivity index (χ3n) is 3.81. The molecule has 1 saturated heterocycles. The van der Waals surface area contributed by atoms with Crippen molar-refractivity contribution in [1.82, 2.24) is 0 Å². The van der Waals surface area contributed by atoms with Crippen LogP contribution in [0.15, 0.2) is 48.5 Å². The van der Waals surface area contributed by atoms with Gasteiger partial charge in [-0.3, -0.25) is 0 Å². The minimum Gasteiger partial charge on any atom is -0.375 e. The Morgan fingerprint density at radius 2 is 1.95 bits per heavy atom. The first kappa shape index (κ1) is 13.7. The van der Waals surface area contributed by atoms with E-state index in [1.807, 2.05) is 30.3 Å². The van der Waals surface area contributed by atoms with Crippen LogP contribution < -0.4 is 4.90 Å². The molecule has 1 atom stereocenters. The van der Waals surface area contributed by atoms with Gasteiger partial charge in [-0.1, -0.05) is 36.4 Å². The Labute approximate surface area is 125 Å². The van der Waals surface area contributed by atoms with E-state index in [9.17, 15) is 5.26 Å². The second-order valence-corrected chi connectivity index (χ2v) is 5.34. The number of nitriles is 1. The van der Waals surface area contributed by atoms with Gasteiger partial charge >= 0.3 is 0 Å². The molecular formula is C18H18N2O. The summed E-state index contributed by atoms with van der Waals surface area (Å²) in [5, 5.41) is 9.37. The van der Waals surface area contributed by atoms with Crippen LogP contribution >= 0.6 is 0 Å². The van der Waals surface area contributed by atoms with Crippen LogP contribution in [0.4, 0.5) is 5.69 Å². The van der Waals surface area contributed by atoms with Crippen molar-refractivity contribution in [2.75, 3.05) is 24.6 Å². The van der Waals surface area contributed by atoms with Gasteiger partial charge in [-0.05, 0) is 30.2 Å². The summed E-state index contributed by atoms with van der Waals surface area (Å²) in [6.45, 7) is 4.44. The molecule has 0 radical (unpaired) electrons. The van der Waals surface area contributed by atoms with Gasteiger partial charge in [-0.25, -0.2) is 0 Å². The van der Waals surface area contributed by atoms with Gasteiger partial charge in [-0.2, -0.15) is 5.26 Å². The minimum atomic E-state index is 0.200. The Hall–Kier alpha value is -2.31. The Kier molecular flexibility index (Phi) is 3.89. The van der Waals surface area contributed by atoms with Crippen LogP contribution in [0.5, 0.6) is 0 Å². The Balaban J connectivity index is 2.00. The summed E-state index contributed by atoms with van der Waals surface area (Å²) in [7, 11) is 0. The number of hydrogen-bond acceptors (Lipinski definition) is 3. The van der Waals surface area contributed by atoms with Gasteiger partial charge in [-0.15, -0.1) is 0 Å². The molecule has 0 bridgehead atoms. The fourth-order valence-corrected chi connectivity index (χ4v) is 2.74. The molecule has 0 saturated carbocycles. The van der Waals surface area contributed by atoms with Crippen molar-refractivity contribution in [2.45, 2.75) is 13.0 Å². The largest absolute Gasteiger partial charge is 0.375 e. The van der Waals surface area contributed by atoms with Gasteiger partial charge in [0.2, 0.25) is 0 Å². The van der Waals surface area contributed by atoms with Crippen molar-refractivity contribution in [3.63, 3.8) is 0 Å². The van der Waals surface area contributed by atoms with Crippen LogP contribution in [0.2, 0.25) is 0 Å². The molecule has 3 rings (SSSR count). The van der Waals surface area contributed by atoms with E-state index >= 15 is 0 Å². The number of ether oxygens (including phenoxy) is 1. The third kappa shape index (κ3) is 2.91. The van der Waals surface area contributed by atoms with Gasteiger partial charge in [0, 0.05) is 13.1 Å². The summed E-state index contributed by atoms with van der Waals surface area (Å²) < 4.78 is 5.59. The lowest BCUT2D eigenvalue weighted by Crippen LogP contribution is -2.41. The van der Waals surface area contributed by atoms with Crippen LogP contribution in [0.1, 0.15) is 12.5 Å². The van der Waals surface area contributed by atoms with Gasteiger partial charge in [0.15, 0.2) is 0 Å². The highest BCUT2D eigenvalue weighted by molar-refractivity contribution is 5.72. The van der Waals surface area contributed by atoms with Gasteiger partial charge < -0.3 is 9.64 Å². The molecule has 106 valence electrons. The van der Waals surface area contributed by atoms with Crippen LogP contribution in [0.3, 0.4) is 0 Å². The molecule has 1 aliphatic heterocycles. The van der Waals surface area contributed by atoms with E-state index in [1.54, 1.807) is 0 Å². The molecule has 1 heterocycles. The Morgan fingerprint density at radius 1 is 1.14 bits per heavy atom. The fourth-order valence-electron chi connectivity index (χ4n) is 2.74. The lowest BCUT2D eigenvalue weighted by Gasteiger charge is -2.33. The molecule has 1 unspecified atom stereocenters. The van der Waals surface area contributed by atoms with Crippen molar-refractivity contribution in [3.8, 4) is 17.2 Å². The number of benzene rings is 2. The molecule has 0 aromatic heterocycles. The average molecular weight is 278 g/mol. The van der Waals surface area contributed by atoms with Gasteiger partial charge in [0.25, 0.3) is 0 Å². The highest BCUT2D eigenvalue weighted by Gasteiger charge is 2.19. The molecule has 3 heteroatoms. The molecular weight excluding hydrogens is 260 g/mol. The van der Waals surface area contributed by atoms with Gasteiger partial charge in [0.1, 0.15) is 6.07 Å². The zero-order chi connectivity index (χ0) is 14.7. The second-order valence-electron chi connectivity index (χ2n) is 5.34. The smallest absolute Gasteiger partial charge is 0.101 e. The first-order chi connectivity index (χ1) is 10.3. The molecule has 2 aromatic rings. The molecule has 1 fully saturated rings. The molecule has 21 heavy (non-hydrogen) atoms. The second kappa shape index (κ2) is 5.99. The molecule has 0 aliphatic carbocycles. The minimum absolute atomic E-state index is 0.200. The fraction of sp³-hybridized carbons (Fsp3) is 0.278. The molecule has 0 spiro atoms. The SMILES string of the molecule is CC1CN(c2cc(-c3ccccc3)ccc2C#N)CCO1. The normalized spacial score (nSPS) is 18.3. The number of rotatable bonds is 2. The number of hydrogen-bond donors (Lipinski definition) is 0.